The van der Waals surface area contributed by atoms with Gasteiger partial charge in [0, 0.05) is 13.1 Å². The number of carboxylic acids is 1. The molecule has 3 amide bonds. The highest BCUT2D eigenvalue weighted by molar-refractivity contribution is 5.94. The summed E-state index contributed by atoms with van der Waals surface area (Å²) >= 11 is 0. The van der Waals surface area contributed by atoms with Crippen LogP contribution < -0.4 is 27.8 Å². The standard InChI is InChI=1S/C16H29N7O6/c17-7-12(25)21-9(3-1-5-20-16(18)19)14(27)23-6-2-4-11(23)13(26)22-10(8-24)15(28)29/h9-11,24H,1-8,17H2,(H,21,25)(H,22,26)(H,28,29)(H4,18,19,20). The Morgan fingerprint density at radius 3 is 2.41 bits per heavy atom. The molecular formula is C16H29N7O6. The lowest BCUT2D eigenvalue weighted by Crippen LogP contribution is -2.56. The smallest absolute Gasteiger partial charge is 0.328 e. The fraction of sp³-hybridized carbons (Fsp3) is 0.688. The van der Waals surface area contributed by atoms with E-state index < -0.39 is 48.4 Å². The molecule has 1 heterocycles. The number of rotatable bonds is 11. The highest BCUT2D eigenvalue weighted by atomic mass is 16.4. The number of carboxylic acid groups (broad SMARTS) is 1. The van der Waals surface area contributed by atoms with E-state index in [2.05, 4.69) is 15.6 Å². The molecule has 1 aliphatic rings. The van der Waals surface area contributed by atoms with E-state index in [4.69, 9.17) is 27.4 Å². The molecule has 0 saturated carbocycles. The average Bonchev–Trinajstić information content (AvgIpc) is 3.16. The molecule has 1 fully saturated rings. The maximum Gasteiger partial charge on any atom is 0.328 e. The molecule has 0 radical (unpaired) electrons. The number of guanidine groups is 1. The molecule has 10 N–H and O–H groups in total. The molecular weight excluding hydrogens is 386 g/mol. The number of likely N-dealkylation sites (tertiary alicyclic amines) is 1. The molecule has 164 valence electrons. The monoisotopic (exact) mass is 415 g/mol. The molecule has 0 aromatic rings. The normalized spacial score (nSPS) is 17.9. The Hall–Kier alpha value is -2.93. The van der Waals surface area contributed by atoms with E-state index in [1.165, 1.54) is 4.90 Å². The molecule has 0 bridgehead atoms. The Bertz CT molecular complexity index is 637. The summed E-state index contributed by atoms with van der Waals surface area (Å²) in [5.74, 6) is -3.17. The number of nitrogens with zero attached hydrogens (tertiary/aromatic N) is 2. The Morgan fingerprint density at radius 2 is 1.86 bits per heavy atom. The lowest BCUT2D eigenvalue weighted by atomic mass is 10.1. The number of nitrogens with one attached hydrogen (secondary N) is 2. The van der Waals surface area contributed by atoms with Crippen LogP contribution in [0, 0.1) is 0 Å². The van der Waals surface area contributed by atoms with Crippen LogP contribution in [0.4, 0.5) is 0 Å². The molecule has 1 aliphatic heterocycles. The maximum absolute atomic E-state index is 13.0. The van der Waals surface area contributed by atoms with Crippen molar-refractivity contribution in [1.82, 2.24) is 15.5 Å². The minimum Gasteiger partial charge on any atom is -0.480 e. The van der Waals surface area contributed by atoms with Gasteiger partial charge >= 0.3 is 5.97 Å². The number of aliphatic carboxylic acids is 1. The molecule has 1 rings (SSSR count). The predicted octanol–water partition coefficient (Wildman–Crippen LogP) is -3.96. The van der Waals surface area contributed by atoms with Crippen LogP contribution in [0.15, 0.2) is 4.99 Å². The van der Waals surface area contributed by atoms with Crippen LogP contribution in [-0.4, -0.2) is 89.1 Å². The fourth-order valence-electron chi connectivity index (χ4n) is 2.97. The molecule has 0 aliphatic carbocycles. The van der Waals surface area contributed by atoms with Gasteiger partial charge in [-0.3, -0.25) is 19.4 Å². The van der Waals surface area contributed by atoms with Crippen molar-refractivity contribution < 1.29 is 29.4 Å². The van der Waals surface area contributed by atoms with Crippen molar-refractivity contribution in [3.8, 4) is 0 Å². The average molecular weight is 415 g/mol. The predicted molar refractivity (Wildman–Crippen MR) is 102 cm³/mol. The van der Waals surface area contributed by atoms with E-state index >= 15 is 0 Å². The van der Waals surface area contributed by atoms with E-state index in [1.807, 2.05) is 0 Å². The lowest BCUT2D eigenvalue weighted by molar-refractivity contribution is -0.145. The third-order valence-electron chi connectivity index (χ3n) is 4.40. The van der Waals surface area contributed by atoms with E-state index in [9.17, 15) is 19.2 Å². The summed E-state index contributed by atoms with van der Waals surface area (Å²) in [4.78, 5) is 53.2. The number of aliphatic hydroxyl groups excluding tert-OH is 1. The molecule has 3 unspecified atom stereocenters. The molecule has 13 heteroatoms. The molecule has 0 aromatic heterocycles. The van der Waals surface area contributed by atoms with Crippen molar-refractivity contribution in [1.29, 1.82) is 0 Å². The summed E-state index contributed by atoms with van der Waals surface area (Å²) < 4.78 is 0. The Labute approximate surface area is 167 Å². The molecule has 3 atom stereocenters. The Balaban J connectivity index is 2.85. The zero-order chi connectivity index (χ0) is 22.0. The fourth-order valence-corrected chi connectivity index (χ4v) is 2.97. The van der Waals surface area contributed by atoms with Crippen LogP contribution in [0.2, 0.25) is 0 Å². The van der Waals surface area contributed by atoms with Gasteiger partial charge in [0.15, 0.2) is 5.96 Å². The van der Waals surface area contributed by atoms with E-state index in [0.29, 0.717) is 19.3 Å². The van der Waals surface area contributed by atoms with Crippen molar-refractivity contribution in [3.05, 3.63) is 0 Å². The zero-order valence-corrected chi connectivity index (χ0v) is 16.0. The first kappa shape index (κ1) is 24.1. The number of hydrogen-bond donors (Lipinski definition) is 7. The summed E-state index contributed by atoms with van der Waals surface area (Å²) in [6, 6.07) is -3.29. The number of amides is 3. The quantitative estimate of drug-likeness (QED) is 0.0990. The summed E-state index contributed by atoms with van der Waals surface area (Å²) in [6.07, 6.45) is 1.49. The molecule has 0 spiro atoms. The summed E-state index contributed by atoms with van der Waals surface area (Å²) in [5, 5.41) is 22.8. The van der Waals surface area contributed by atoms with Gasteiger partial charge in [-0.15, -0.1) is 0 Å². The van der Waals surface area contributed by atoms with Crippen LogP contribution >= 0.6 is 0 Å². The van der Waals surface area contributed by atoms with Gasteiger partial charge in [0.05, 0.1) is 13.2 Å². The molecule has 1 saturated heterocycles. The first-order valence-corrected chi connectivity index (χ1v) is 9.20. The maximum atomic E-state index is 13.0. The number of aliphatic hydroxyl groups is 1. The largest absolute Gasteiger partial charge is 0.480 e. The van der Waals surface area contributed by atoms with Gasteiger partial charge in [0.1, 0.15) is 18.1 Å². The number of nitrogens with two attached hydrogens (primary N) is 3. The van der Waals surface area contributed by atoms with E-state index in [0.717, 1.165) is 0 Å². The third kappa shape index (κ3) is 7.54. The zero-order valence-electron chi connectivity index (χ0n) is 16.0. The van der Waals surface area contributed by atoms with Gasteiger partial charge in [-0.05, 0) is 25.7 Å². The second-order valence-corrected chi connectivity index (χ2v) is 6.54. The Kier molecular flexibility index (Phi) is 9.82. The lowest BCUT2D eigenvalue weighted by Gasteiger charge is -2.29. The van der Waals surface area contributed by atoms with E-state index in [1.54, 1.807) is 0 Å². The SMILES string of the molecule is NCC(=O)NC(CCCN=C(N)N)C(=O)N1CCCC1C(=O)NC(CO)C(=O)O. The Morgan fingerprint density at radius 1 is 1.17 bits per heavy atom. The minimum absolute atomic E-state index is 0.0907. The second kappa shape index (κ2) is 11.8. The first-order chi connectivity index (χ1) is 13.7. The number of carbonyl (C=O) groups excluding carboxylic acids is 3. The molecule has 13 nitrogen and oxygen atoms in total. The van der Waals surface area contributed by atoms with E-state index in [-0.39, 0.29) is 32.0 Å². The van der Waals surface area contributed by atoms with Gasteiger partial charge in [-0.1, -0.05) is 0 Å². The highest BCUT2D eigenvalue weighted by Crippen LogP contribution is 2.20. The van der Waals surface area contributed by atoms with Gasteiger partial charge in [0.25, 0.3) is 0 Å². The van der Waals surface area contributed by atoms with Crippen molar-refractivity contribution in [2.24, 2.45) is 22.2 Å². The number of aliphatic imine (C=N–C) groups is 1. The summed E-state index contributed by atoms with van der Waals surface area (Å²) in [6.45, 7) is -0.553. The summed E-state index contributed by atoms with van der Waals surface area (Å²) in [5.41, 5.74) is 15.8. The van der Waals surface area contributed by atoms with Gasteiger partial charge in [-0.2, -0.15) is 0 Å². The molecule has 29 heavy (non-hydrogen) atoms. The summed E-state index contributed by atoms with van der Waals surface area (Å²) in [7, 11) is 0. The van der Waals surface area contributed by atoms with Gasteiger partial charge in [-0.25, -0.2) is 4.79 Å². The van der Waals surface area contributed by atoms with Crippen molar-refractivity contribution in [3.63, 3.8) is 0 Å². The van der Waals surface area contributed by atoms with Crippen LogP contribution in [0.25, 0.3) is 0 Å². The van der Waals surface area contributed by atoms with Crippen molar-refractivity contribution >= 4 is 29.7 Å². The number of hydrogen-bond acceptors (Lipinski definition) is 7. The van der Waals surface area contributed by atoms with Crippen LogP contribution in [0.3, 0.4) is 0 Å². The molecule has 0 aromatic carbocycles. The minimum atomic E-state index is -1.47. The third-order valence-corrected chi connectivity index (χ3v) is 4.40. The van der Waals surface area contributed by atoms with Gasteiger partial charge in [0.2, 0.25) is 17.7 Å². The highest BCUT2D eigenvalue weighted by Gasteiger charge is 2.38. The van der Waals surface area contributed by atoms with Crippen LogP contribution in [-0.2, 0) is 19.2 Å². The van der Waals surface area contributed by atoms with Crippen LogP contribution in [0.1, 0.15) is 25.7 Å². The second-order valence-electron chi connectivity index (χ2n) is 6.54. The van der Waals surface area contributed by atoms with Crippen LogP contribution in [0.5, 0.6) is 0 Å². The van der Waals surface area contributed by atoms with Gasteiger partial charge < -0.3 is 42.9 Å². The first-order valence-electron chi connectivity index (χ1n) is 9.20. The number of carbonyl (C=O) groups is 4. The topological polar surface area (TPSA) is 226 Å². The van der Waals surface area contributed by atoms with Crippen molar-refractivity contribution in [2.75, 3.05) is 26.2 Å². The van der Waals surface area contributed by atoms with Crippen molar-refractivity contribution in [2.45, 2.75) is 43.8 Å².